The molecule has 0 spiro atoms. The normalized spacial score (nSPS) is 32.7. The molecule has 90 valence electrons. The number of fused-ring (bicyclic) bond motifs is 3. The van der Waals surface area contributed by atoms with E-state index in [1.54, 1.807) is 0 Å². The van der Waals surface area contributed by atoms with Crippen molar-refractivity contribution < 1.29 is 5.21 Å². The first-order chi connectivity index (χ1) is 8.38. The van der Waals surface area contributed by atoms with E-state index in [0.717, 1.165) is 23.1 Å². The Kier molecular flexibility index (Phi) is 2.87. The first-order valence-electron chi connectivity index (χ1n) is 6.66. The third-order valence-corrected chi connectivity index (χ3v) is 4.58. The van der Waals surface area contributed by atoms with Crippen molar-refractivity contribution in [1.29, 1.82) is 0 Å². The summed E-state index contributed by atoms with van der Waals surface area (Å²) >= 11 is 0. The van der Waals surface area contributed by atoms with Crippen molar-refractivity contribution in [3.8, 4) is 0 Å². The molecule has 0 radical (unpaired) electrons. The molecule has 2 nitrogen and oxygen atoms in total. The first-order valence-corrected chi connectivity index (χ1v) is 6.66. The van der Waals surface area contributed by atoms with Gasteiger partial charge in [0.2, 0.25) is 0 Å². The van der Waals surface area contributed by atoms with Crippen molar-refractivity contribution in [3.05, 3.63) is 35.9 Å². The van der Waals surface area contributed by atoms with Gasteiger partial charge in [0.05, 0.1) is 5.71 Å². The summed E-state index contributed by atoms with van der Waals surface area (Å²) in [4.78, 5) is 0. The molecule has 2 heteroatoms. The van der Waals surface area contributed by atoms with E-state index in [2.05, 4.69) is 17.3 Å². The topological polar surface area (TPSA) is 32.6 Å². The summed E-state index contributed by atoms with van der Waals surface area (Å²) in [6, 6.07) is 10.1. The fraction of sp³-hybridized carbons (Fsp3) is 0.533. The highest BCUT2D eigenvalue weighted by Crippen LogP contribution is 2.46. The van der Waals surface area contributed by atoms with Gasteiger partial charge in [0, 0.05) is 5.92 Å². The monoisotopic (exact) mass is 229 g/mol. The number of benzene rings is 1. The largest absolute Gasteiger partial charge is 0.411 e. The minimum atomic E-state index is 0.481. The van der Waals surface area contributed by atoms with Crippen LogP contribution in [0.2, 0.25) is 0 Å². The lowest BCUT2D eigenvalue weighted by Crippen LogP contribution is -2.36. The zero-order valence-electron chi connectivity index (χ0n) is 10.0. The van der Waals surface area contributed by atoms with Crippen LogP contribution in [0.3, 0.4) is 0 Å². The highest BCUT2D eigenvalue weighted by molar-refractivity contribution is 6.02. The highest BCUT2D eigenvalue weighted by Gasteiger charge is 2.38. The molecule has 3 aliphatic rings. The zero-order chi connectivity index (χ0) is 11.7. The van der Waals surface area contributed by atoms with E-state index in [1.165, 1.54) is 32.1 Å². The second-order valence-electron chi connectivity index (χ2n) is 5.47. The first kappa shape index (κ1) is 10.8. The van der Waals surface area contributed by atoms with E-state index in [-0.39, 0.29) is 0 Å². The van der Waals surface area contributed by atoms with Crippen LogP contribution < -0.4 is 0 Å². The summed E-state index contributed by atoms with van der Waals surface area (Å²) in [5.74, 6) is 2.09. The third kappa shape index (κ3) is 1.97. The Balaban J connectivity index is 1.87. The van der Waals surface area contributed by atoms with Gasteiger partial charge in [-0.3, -0.25) is 0 Å². The molecule has 3 fully saturated rings. The van der Waals surface area contributed by atoms with Gasteiger partial charge in [-0.2, -0.15) is 0 Å². The number of oxime groups is 1. The number of hydrogen-bond donors (Lipinski definition) is 1. The molecule has 0 aliphatic heterocycles. The van der Waals surface area contributed by atoms with Crippen molar-refractivity contribution in [2.45, 2.75) is 32.1 Å². The number of hydrogen-bond acceptors (Lipinski definition) is 2. The molecule has 17 heavy (non-hydrogen) atoms. The Hall–Kier alpha value is -1.31. The minimum Gasteiger partial charge on any atom is -0.411 e. The van der Waals surface area contributed by atoms with Gasteiger partial charge in [-0.05, 0) is 36.7 Å². The van der Waals surface area contributed by atoms with E-state index in [0.29, 0.717) is 5.92 Å². The molecular weight excluding hydrogens is 210 g/mol. The van der Waals surface area contributed by atoms with Gasteiger partial charge >= 0.3 is 0 Å². The van der Waals surface area contributed by atoms with E-state index < -0.39 is 0 Å². The standard InChI is InChI=1S/C15H19NO/c17-16-15(13-4-2-1-3-5-13)14-10-11-6-8-12(14)9-7-11/h1-5,11-12,14,17H,6-10H2/t11?,12?,14-/m1/s1. The van der Waals surface area contributed by atoms with Crippen molar-refractivity contribution in [2.24, 2.45) is 22.9 Å². The van der Waals surface area contributed by atoms with Crippen molar-refractivity contribution in [3.63, 3.8) is 0 Å². The SMILES string of the molecule is ON=C(c1ccccc1)[C@@H]1CC2CCC1CC2. The second kappa shape index (κ2) is 4.52. The van der Waals surface area contributed by atoms with E-state index in [9.17, 15) is 5.21 Å². The zero-order valence-corrected chi connectivity index (χ0v) is 10.0. The number of rotatable bonds is 2. The van der Waals surface area contributed by atoms with Crippen LogP contribution in [-0.2, 0) is 0 Å². The summed E-state index contributed by atoms with van der Waals surface area (Å²) in [5.41, 5.74) is 2.01. The molecule has 1 aromatic rings. The lowest BCUT2D eigenvalue weighted by atomic mass is 9.62. The van der Waals surface area contributed by atoms with Crippen LogP contribution in [0.1, 0.15) is 37.7 Å². The Morgan fingerprint density at radius 2 is 1.76 bits per heavy atom. The van der Waals surface area contributed by atoms with Gasteiger partial charge in [-0.25, -0.2) is 0 Å². The molecule has 4 rings (SSSR count). The van der Waals surface area contributed by atoms with Crippen molar-refractivity contribution in [2.75, 3.05) is 0 Å². The summed E-state index contributed by atoms with van der Waals surface area (Å²) in [5, 5.41) is 13.0. The highest BCUT2D eigenvalue weighted by atomic mass is 16.4. The maximum Gasteiger partial charge on any atom is 0.0901 e. The van der Waals surface area contributed by atoms with Gasteiger partial charge in [-0.1, -0.05) is 48.3 Å². The Morgan fingerprint density at radius 3 is 2.29 bits per heavy atom. The third-order valence-electron chi connectivity index (χ3n) is 4.58. The molecule has 1 aromatic carbocycles. The summed E-state index contributed by atoms with van der Waals surface area (Å²) < 4.78 is 0. The predicted molar refractivity (Wildman–Crippen MR) is 68.3 cm³/mol. The van der Waals surface area contributed by atoms with Crippen molar-refractivity contribution in [1.82, 2.24) is 0 Å². The summed E-state index contributed by atoms with van der Waals surface area (Å²) in [6.45, 7) is 0. The van der Waals surface area contributed by atoms with Crippen LogP contribution in [0.15, 0.2) is 35.5 Å². The maximum absolute atomic E-state index is 9.35. The van der Waals surface area contributed by atoms with Gasteiger partial charge in [0.25, 0.3) is 0 Å². The Bertz CT molecular complexity index is 404. The molecule has 3 aliphatic carbocycles. The molecular formula is C15H19NO. The molecule has 3 saturated carbocycles. The fourth-order valence-corrected chi connectivity index (χ4v) is 3.67. The minimum absolute atomic E-state index is 0.481. The second-order valence-corrected chi connectivity index (χ2v) is 5.47. The van der Waals surface area contributed by atoms with Gasteiger partial charge in [0.1, 0.15) is 0 Å². The molecule has 1 atom stereocenters. The molecule has 2 bridgehead atoms. The molecule has 0 amide bonds. The van der Waals surface area contributed by atoms with Gasteiger partial charge < -0.3 is 5.21 Å². The van der Waals surface area contributed by atoms with Gasteiger partial charge in [-0.15, -0.1) is 0 Å². The molecule has 0 heterocycles. The smallest absolute Gasteiger partial charge is 0.0901 e. The molecule has 0 unspecified atom stereocenters. The Labute approximate surface area is 102 Å². The van der Waals surface area contributed by atoms with Crippen LogP contribution in [0.4, 0.5) is 0 Å². The fourth-order valence-electron chi connectivity index (χ4n) is 3.67. The predicted octanol–water partition coefficient (Wildman–Crippen LogP) is 3.69. The lowest BCUT2D eigenvalue weighted by Gasteiger charge is -2.42. The molecule has 0 aromatic heterocycles. The van der Waals surface area contributed by atoms with Crippen LogP contribution >= 0.6 is 0 Å². The maximum atomic E-state index is 9.35. The van der Waals surface area contributed by atoms with E-state index >= 15 is 0 Å². The van der Waals surface area contributed by atoms with E-state index in [4.69, 9.17) is 0 Å². The average Bonchev–Trinajstić information content (AvgIpc) is 2.42. The Morgan fingerprint density at radius 1 is 1.06 bits per heavy atom. The summed E-state index contributed by atoms with van der Waals surface area (Å²) in [7, 11) is 0. The average molecular weight is 229 g/mol. The number of nitrogens with zero attached hydrogens (tertiary/aromatic N) is 1. The van der Waals surface area contributed by atoms with E-state index in [1.807, 2.05) is 18.2 Å². The van der Waals surface area contributed by atoms with Crippen molar-refractivity contribution >= 4 is 5.71 Å². The lowest BCUT2D eigenvalue weighted by molar-refractivity contribution is 0.136. The van der Waals surface area contributed by atoms with Crippen LogP contribution in [0.5, 0.6) is 0 Å². The molecule has 0 saturated heterocycles. The summed E-state index contributed by atoms with van der Waals surface area (Å²) in [6.07, 6.45) is 6.63. The van der Waals surface area contributed by atoms with Crippen LogP contribution in [-0.4, -0.2) is 10.9 Å². The van der Waals surface area contributed by atoms with Crippen LogP contribution in [0.25, 0.3) is 0 Å². The van der Waals surface area contributed by atoms with Crippen LogP contribution in [0, 0.1) is 17.8 Å². The van der Waals surface area contributed by atoms with Gasteiger partial charge in [0.15, 0.2) is 0 Å². The quantitative estimate of drug-likeness (QED) is 0.468. The molecule has 1 N–H and O–H groups in total.